The molecule has 0 aliphatic heterocycles. The zero-order chi connectivity index (χ0) is 12.8. The monoisotopic (exact) mass is 238 g/mol. The van der Waals surface area contributed by atoms with E-state index in [2.05, 4.69) is 25.2 Å². The lowest BCUT2D eigenvalue weighted by molar-refractivity contribution is 0.00321. The second-order valence-corrected chi connectivity index (χ2v) is 6.21. The normalized spacial score (nSPS) is 19.9. The Hall–Kier alpha value is -0.590. The van der Waals surface area contributed by atoms with Gasteiger partial charge in [-0.3, -0.25) is 0 Å². The Labute approximate surface area is 105 Å². The van der Waals surface area contributed by atoms with Crippen molar-refractivity contribution in [3.8, 4) is 6.07 Å². The summed E-state index contributed by atoms with van der Waals surface area (Å²) in [6.07, 6.45) is 6.94. The van der Waals surface area contributed by atoms with Crippen LogP contribution in [0.2, 0.25) is 0 Å². The van der Waals surface area contributed by atoms with Gasteiger partial charge in [0.15, 0.2) is 0 Å². The van der Waals surface area contributed by atoms with E-state index < -0.39 is 5.60 Å². The molecular formula is C14H26N2O. The maximum Gasteiger partial charge on any atom is 0.0771 e. The lowest BCUT2D eigenvalue weighted by atomic mass is 9.84. The predicted molar refractivity (Wildman–Crippen MR) is 69.5 cm³/mol. The Morgan fingerprint density at radius 1 is 1.29 bits per heavy atom. The molecule has 1 fully saturated rings. The van der Waals surface area contributed by atoms with Crippen molar-refractivity contribution in [2.24, 2.45) is 5.41 Å². The lowest BCUT2D eigenvalue weighted by Crippen LogP contribution is -2.44. The SMILES string of the molecule is CC(C)(CCC#N)CNCC1(O)CCCCC1. The van der Waals surface area contributed by atoms with Crippen LogP contribution in [0.25, 0.3) is 0 Å². The number of hydrogen-bond donors (Lipinski definition) is 2. The highest BCUT2D eigenvalue weighted by atomic mass is 16.3. The Morgan fingerprint density at radius 2 is 1.94 bits per heavy atom. The van der Waals surface area contributed by atoms with Crippen LogP contribution in [0.4, 0.5) is 0 Å². The first-order valence-electron chi connectivity index (χ1n) is 6.78. The van der Waals surface area contributed by atoms with E-state index in [1.807, 2.05) is 0 Å². The maximum atomic E-state index is 10.3. The van der Waals surface area contributed by atoms with Gasteiger partial charge < -0.3 is 10.4 Å². The molecule has 0 aromatic heterocycles. The van der Waals surface area contributed by atoms with Gasteiger partial charge in [0.25, 0.3) is 0 Å². The summed E-state index contributed by atoms with van der Waals surface area (Å²) in [5.41, 5.74) is -0.343. The average Bonchev–Trinajstić information content (AvgIpc) is 2.27. The number of hydrogen-bond acceptors (Lipinski definition) is 3. The molecule has 3 heteroatoms. The fourth-order valence-electron chi connectivity index (χ4n) is 2.50. The fraction of sp³-hybridized carbons (Fsp3) is 0.929. The third-order valence-corrected chi connectivity index (χ3v) is 3.76. The van der Waals surface area contributed by atoms with Gasteiger partial charge in [-0.15, -0.1) is 0 Å². The Kier molecular flexibility index (Phi) is 5.42. The molecule has 0 heterocycles. The first-order valence-corrected chi connectivity index (χ1v) is 6.78. The zero-order valence-corrected chi connectivity index (χ0v) is 11.3. The summed E-state index contributed by atoms with van der Waals surface area (Å²) < 4.78 is 0. The molecule has 2 N–H and O–H groups in total. The molecule has 98 valence electrons. The molecule has 0 aromatic rings. The van der Waals surface area contributed by atoms with E-state index in [1.54, 1.807) is 0 Å². The molecule has 3 nitrogen and oxygen atoms in total. The summed E-state index contributed by atoms with van der Waals surface area (Å²) in [6.45, 7) is 5.91. The summed E-state index contributed by atoms with van der Waals surface area (Å²) in [7, 11) is 0. The number of aliphatic hydroxyl groups is 1. The minimum Gasteiger partial charge on any atom is -0.389 e. The van der Waals surface area contributed by atoms with Crippen LogP contribution in [-0.4, -0.2) is 23.8 Å². The molecule has 1 aliphatic rings. The van der Waals surface area contributed by atoms with E-state index >= 15 is 0 Å². The minimum atomic E-state index is -0.483. The summed E-state index contributed by atoms with van der Waals surface area (Å²) >= 11 is 0. The molecule has 0 unspecified atom stereocenters. The van der Waals surface area contributed by atoms with Crippen LogP contribution in [-0.2, 0) is 0 Å². The largest absolute Gasteiger partial charge is 0.389 e. The second kappa shape index (κ2) is 6.37. The standard InChI is InChI=1S/C14H26N2O/c1-13(2,7-6-10-15)11-16-12-14(17)8-4-3-5-9-14/h16-17H,3-9,11-12H2,1-2H3. The van der Waals surface area contributed by atoms with Crippen molar-refractivity contribution < 1.29 is 5.11 Å². The smallest absolute Gasteiger partial charge is 0.0771 e. The van der Waals surface area contributed by atoms with Crippen molar-refractivity contribution in [2.45, 2.75) is 64.4 Å². The van der Waals surface area contributed by atoms with Crippen molar-refractivity contribution in [1.82, 2.24) is 5.32 Å². The number of rotatable bonds is 6. The molecule has 0 radical (unpaired) electrons. The van der Waals surface area contributed by atoms with Crippen LogP contribution in [0.15, 0.2) is 0 Å². The van der Waals surface area contributed by atoms with Gasteiger partial charge in [-0.2, -0.15) is 5.26 Å². The molecular weight excluding hydrogens is 212 g/mol. The van der Waals surface area contributed by atoms with Crippen LogP contribution in [0.5, 0.6) is 0 Å². The van der Waals surface area contributed by atoms with Crippen molar-refractivity contribution >= 4 is 0 Å². The first-order chi connectivity index (χ1) is 7.97. The van der Waals surface area contributed by atoms with Gasteiger partial charge in [-0.1, -0.05) is 33.1 Å². The molecule has 0 spiro atoms. The number of nitriles is 1. The Balaban J connectivity index is 2.24. The number of nitrogens with zero attached hydrogens (tertiary/aromatic N) is 1. The zero-order valence-electron chi connectivity index (χ0n) is 11.3. The Bertz CT molecular complexity index is 262. The third-order valence-electron chi connectivity index (χ3n) is 3.76. The van der Waals surface area contributed by atoms with Gasteiger partial charge in [0.05, 0.1) is 11.7 Å². The van der Waals surface area contributed by atoms with Crippen molar-refractivity contribution in [3.05, 3.63) is 0 Å². The van der Waals surface area contributed by atoms with Gasteiger partial charge >= 0.3 is 0 Å². The topological polar surface area (TPSA) is 56.0 Å². The molecule has 0 saturated heterocycles. The van der Waals surface area contributed by atoms with E-state index in [1.165, 1.54) is 6.42 Å². The summed E-state index contributed by atoms with van der Waals surface area (Å²) in [5, 5.41) is 22.3. The summed E-state index contributed by atoms with van der Waals surface area (Å²) in [6, 6.07) is 2.19. The Morgan fingerprint density at radius 3 is 2.53 bits per heavy atom. The van der Waals surface area contributed by atoms with Crippen LogP contribution < -0.4 is 5.32 Å². The molecule has 0 bridgehead atoms. The first kappa shape index (κ1) is 14.5. The molecule has 0 atom stereocenters. The predicted octanol–water partition coefficient (Wildman–Crippen LogP) is 2.60. The van der Waals surface area contributed by atoms with Gasteiger partial charge in [0.1, 0.15) is 0 Å². The molecule has 1 saturated carbocycles. The highest BCUT2D eigenvalue weighted by molar-refractivity contribution is 4.86. The van der Waals surface area contributed by atoms with Crippen LogP contribution in [0.3, 0.4) is 0 Å². The van der Waals surface area contributed by atoms with E-state index in [0.717, 1.165) is 38.6 Å². The summed E-state index contributed by atoms with van der Waals surface area (Å²) in [5.74, 6) is 0. The minimum absolute atomic E-state index is 0.140. The van der Waals surface area contributed by atoms with E-state index in [-0.39, 0.29) is 5.41 Å². The van der Waals surface area contributed by atoms with Crippen molar-refractivity contribution in [2.75, 3.05) is 13.1 Å². The quantitative estimate of drug-likeness (QED) is 0.748. The molecule has 0 amide bonds. The molecule has 1 aliphatic carbocycles. The van der Waals surface area contributed by atoms with E-state index in [0.29, 0.717) is 13.0 Å². The van der Waals surface area contributed by atoms with Crippen LogP contribution in [0.1, 0.15) is 58.8 Å². The lowest BCUT2D eigenvalue weighted by Gasteiger charge is -2.34. The second-order valence-electron chi connectivity index (χ2n) is 6.21. The van der Waals surface area contributed by atoms with Gasteiger partial charge in [-0.05, 0) is 24.7 Å². The van der Waals surface area contributed by atoms with Crippen LogP contribution >= 0.6 is 0 Å². The fourth-order valence-corrected chi connectivity index (χ4v) is 2.50. The third kappa shape index (κ3) is 5.52. The van der Waals surface area contributed by atoms with Crippen LogP contribution in [0, 0.1) is 16.7 Å². The maximum absolute atomic E-state index is 10.3. The molecule has 0 aromatic carbocycles. The van der Waals surface area contributed by atoms with E-state index in [4.69, 9.17) is 5.26 Å². The molecule has 17 heavy (non-hydrogen) atoms. The van der Waals surface area contributed by atoms with Crippen molar-refractivity contribution in [3.63, 3.8) is 0 Å². The molecule has 1 rings (SSSR count). The highest BCUT2D eigenvalue weighted by Gasteiger charge is 2.29. The van der Waals surface area contributed by atoms with Gasteiger partial charge in [0.2, 0.25) is 0 Å². The van der Waals surface area contributed by atoms with Gasteiger partial charge in [0, 0.05) is 19.5 Å². The average molecular weight is 238 g/mol. The summed E-state index contributed by atoms with van der Waals surface area (Å²) in [4.78, 5) is 0. The number of nitrogens with one attached hydrogen (secondary N) is 1. The highest BCUT2D eigenvalue weighted by Crippen LogP contribution is 2.28. The van der Waals surface area contributed by atoms with E-state index in [9.17, 15) is 5.11 Å². The van der Waals surface area contributed by atoms with Crippen molar-refractivity contribution in [1.29, 1.82) is 5.26 Å². The van der Waals surface area contributed by atoms with Gasteiger partial charge in [-0.25, -0.2) is 0 Å².